The molecule has 116 valence electrons. The molecule has 0 fully saturated rings. The highest BCUT2D eigenvalue weighted by Crippen LogP contribution is 2.29. The van der Waals surface area contributed by atoms with Crippen LogP contribution in [0, 0.1) is 0 Å². The van der Waals surface area contributed by atoms with E-state index in [9.17, 15) is 9.59 Å². The topological polar surface area (TPSA) is 78.6 Å². The summed E-state index contributed by atoms with van der Waals surface area (Å²) in [5, 5.41) is 0. The number of hydrogen-bond donors (Lipinski definition) is 0. The third-order valence-corrected chi connectivity index (χ3v) is 2.53. The zero-order valence-corrected chi connectivity index (χ0v) is 12.9. The standard InChI is InChI=1S/C16H17NO5/c1-10(18)21-14-13(20-9-17-14)11-6-5-7-12(8-11)15(19)22-16(2,3)4/h5-9H,1-4H3. The van der Waals surface area contributed by atoms with Crippen LogP contribution in [0.15, 0.2) is 35.1 Å². The van der Waals surface area contributed by atoms with Gasteiger partial charge in [-0.1, -0.05) is 12.1 Å². The van der Waals surface area contributed by atoms with Crippen molar-refractivity contribution in [3.05, 3.63) is 36.2 Å². The number of ether oxygens (including phenoxy) is 2. The molecule has 6 nitrogen and oxygen atoms in total. The van der Waals surface area contributed by atoms with Crippen molar-refractivity contribution in [2.24, 2.45) is 0 Å². The van der Waals surface area contributed by atoms with Gasteiger partial charge in [0.2, 0.25) is 0 Å². The summed E-state index contributed by atoms with van der Waals surface area (Å²) in [6.07, 6.45) is 1.17. The second kappa shape index (κ2) is 6.01. The smallest absolute Gasteiger partial charge is 0.338 e. The predicted molar refractivity (Wildman–Crippen MR) is 78.4 cm³/mol. The molecule has 0 saturated carbocycles. The molecular weight excluding hydrogens is 286 g/mol. The Morgan fingerprint density at radius 1 is 1.23 bits per heavy atom. The Labute approximate surface area is 128 Å². The number of oxazole rings is 1. The van der Waals surface area contributed by atoms with Gasteiger partial charge in [0.25, 0.3) is 5.88 Å². The van der Waals surface area contributed by atoms with Gasteiger partial charge in [-0.2, -0.15) is 4.98 Å². The van der Waals surface area contributed by atoms with Gasteiger partial charge in [0, 0.05) is 12.5 Å². The molecule has 0 saturated heterocycles. The van der Waals surface area contributed by atoms with Crippen LogP contribution in [0.25, 0.3) is 11.3 Å². The average molecular weight is 303 g/mol. The molecule has 0 aliphatic carbocycles. The summed E-state index contributed by atoms with van der Waals surface area (Å²) in [4.78, 5) is 27.0. The van der Waals surface area contributed by atoms with Crippen LogP contribution in [0.3, 0.4) is 0 Å². The molecule has 1 aromatic carbocycles. The van der Waals surface area contributed by atoms with Gasteiger partial charge in [0.15, 0.2) is 12.2 Å². The largest absolute Gasteiger partial charge is 0.456 e. The van der Waals surface area contributed by atoms with Crippen molar-refractivity contribution in [3.8, 4) is 17.2 Å². The second-order valence-electron chi connectivity index (χ2n) is 5.66. The first-order valence-corrected chi connectivity index (χ1v) is 6.72. The van der Waals surface area contributed by atoms with E-state index in [1.54, 1.807) is 45.0 Å². The van der Waals surface area contributed by atoms with Crippen molar-refractivity contribution in [1.82, 2.24) is 4.98 Å². The van der Waals surface area contributed by atoms with Crippen molar-refractivity contribution in [1.29, 1.82) is 0 Å². The average Bonchev–Trinajstić information content (AvgIpc) is 2.84. The van der Waals surface area contributed by atoms with Crippen LogP contribution in [-0.2, 0) is 9.53 Å². The molecule has 0 aliphatic rings. The van der Waals surface area contributed by atoms with Gasteiger partial charge < -0.3 is 13.9 Å². The third kappa shape index (κ3) is 3.94. The molecule has 0 aliphatic heterocycles. The Balaban J connectivity index is 2.31. The zero-order valence-electron chi connectivity index (χ0n) is 12.9. The van der Waals surface area contributed by atoms with Gasteiger partial charge in [-0.3, -0.25) is 4.79 Å². The Bertz CT molecular complexity index is 697. The fourth-order valence-corrected chi connectivity index (χ4v) is 1.76. The van der Waals surface area contributed by atoms with Gasteiger partial charge in [-0.15, -0.1) is 0 Å². The van der Waals surface area contributed by atoms with Gasteiger partial charge >= 0.3 is 11.9 Å². The zero-order chi connectivity index (χ0) is 16.3. The fourth-order valence-electron chi connectivity index (χ4n) is 1.76. The minimum absolute atomic E-state index is 0.0637. The highest BCUT2D eigenvalue weighted by molar-refractivity contribution is 5.91. The minimum atomic E-state index is -0.581. The SMILES string of the molecule is CC(=O)Oc1ncoc1-c1cccc(C(=O)OC(C)(C)C)c1. The van der Waals surface area contributed by atoms with Gasteiger partial charge in [-0.05, 0) is 32.9 Å². The van der Waals surface area contributed by atoms with Crippen LogP contribution < -0.4 is 4.74 Å². The lowest BCUT2D eigenvalue weighted by Crippen LogP contribution is -2.23. The Kier molecular flexibility index (Phi) is 4.30. The van der Waals surface area contributed by atoms with E-state index in [1.165, 1.54) is 13.3 Å². The van der Waals surface area contributed by atoms with Crippen LogP contribution >= 0.6 is 0 Å². The maximum Gasteiger partial charge on any atom is 0.338 e. The lowest BCUT2D eigenvalue weighted by atomic mass is 10.1. The van der Waals surface area contributed by atoms with Gasteiger partial charge in [-0.25, -0.2) is 4.79 Å². The first-order chi connectivity index (χ1) is 10.3. The molecule has 0 spiro atoms. The lowest BCUT2D eigenvalue weighted by Gasteiger charge is -2.19. The molecule has 0 bridgehead atoms. The summed E-state index contributed by atoms with van der Waals surface area (Å²) in [5.74, 6) is -0.601. The Hall–Kier alpha value is -2.63. The molecule has 1 aromatic heterocycles. The van der Waals surface area contributed by atoms with Crippen LogP contribution in [0.4, 0.5) is 0 Å². The molecule has 0 radical (unpaired) electrons. The molecule has 2 aromatic rings. The number of nitrogens with zero attached hydrogens (tertiary/aromatic N) is 1. The monoisotopic (exact) mass is 303 g/mol. The van der Waals surface area contributed by atoms with Crippen LogP contribution in [0.1, 0.15) is 38.1 Å². The number of esters is 2. The first kappa shape index (κ1) is 15.8. The highest BCUT2D eigenvalue weighted by Gasteiger charge is 2.20. The summed E-state index contributed by atoms with van der Waals surface area (Å²) in [6.45, 7) is 6.66. The quantitative estimate of drug-likeness (QED) is 0.810. The number of aromatic nitrogens is 1. The molecule has 0 amide bonds. The molecule has 22 heavy (non-hydrogen) atoms. The summed E-state index contributed by atoms with van der Waals surface area (Å²) >= 11 is 0. The third-order valence-electron chi connectivity index (χ3n) is 2.53. The van der Waals surface area contributed by atoms with E-state index in [-0.39, 0.29) is 11.6 Å². The van der Waals surface area contributed by atoms with Crippen molar-refractivity contribution >= 4 is 11.9 Å². The maximum atomic E-state index is 12.1. The minimum Gasteiger partial charge on any atom is -0.456 e. The normalized spacial score (nSPS) is 11.1. The first-order valence-electron chi connectivity index (χ1n) is 6.72. The molecule has 6 heteroatoms. The van der Waals surface area contributed by atoms with Crippen molar-refractivity contribution in [3.63, 3.8) is 0 Å². The van der Waals surface area contributed by atoms with Gasteiger partial charge in [0.1, 0.15) is 5.60 Å². The van der Waals surface area contributed by atoms with E-state index >= 15 is 0 Å². The number of carbonyl (C=O) groups is 2. The summed E-state index contributed by atoms with van der Waals surface area (Å²) in [6, 6.07) is 6.65. The predicted octanol–water partition coefficient (Wildman–Crippen LogP) is 3.22. The summed E-state index contributed by atoms with van der Waals surface area (Å²) < 4.78 is 15.5. The number of rotatable bonds is 3. The van der Waals surface area contributed by atoms with Crippen molar-refractivity contribution in [2.45, 2.75) is 33.3 Å². The Morgan fingerprint density at radius 3 is 2.59 bits per heavy atom. The van der Waals surface area contributed by atoms with Crippen LogP contribution in [0.2, 0.25) is 0 Å². The van der Waals surface area contributed by atoms with Crippen molar-refractivity contribution < 1.29 is 23.5 Å². The molecule has 1 heterocycles. The van der Waals surface area contributed by atoms with Crippen LogP contribution in [-0.4, -0.2) is 22.5 Å². The molecular formula is C16H17NO5. The van der Waals surface area contributed by atoms with E-state index in [4.69, 9.17) is 13.9 Å². The van der Waals surface area contributed by atoms with Gasteiger partial charge in [0.05, 0.1) is 5.56 Å². The van der Waals surface area contributed by atoms with E-state index < -0.39 is 17.5 Å². The molecule has 0 N–H and O–H groups in total. The second-order valence-corrected chi connectivity index (χ2v) is 5.66. The Morgan fingerprint density at radius 2 is 1.95 bits per heavy atom. The fraction of sp³-hybridized carbons (Fsp3) is 0.312. The van der Waals surface area contributed by atoms with E-state index in [2.05, 4.69) is 4.98 Å². The summed E-state index contributed by atoms with van der Waals surface area (Å²) in [7, 11) is 0. The maximum absolute atomic E-state index is 12.1. The number of carbonyl (C=O) groups excluding carboxylic acids is 2. The number of hydrogen-bond acceptors (Lipinski definition) is 6. The van der Waals surface area contributed by atoms with E-state index in [0.29, 0.717) is 11.1 Å². The van der Waals surface area contributed by atoms with Crippen LogP contribution in [0.5, 0.6) is 5.88 Å². The highest BCUT2D eigenvalue weighted by atomic mass is 16.6. The number of benzene rings is 1. The van der Waals surface area contributed by atoms with Crippen molar-refractivity contribution in [2.75, 3.05) is 0 Å². The lowest BCUT2D eigenvalue weighted by molar-refractivity contribution is -0.132. The molecule has 2 rings (SSSR count). The van der Waals surface area contributed by atoms with E-state index in [1.807, 2.05) is 0 Å². The summed E-state index contributed by atoms with van der Waals surface area (Å²) in [5.41, 5.74) is 0.358. The van der Waals surface area contributed by atoms with E-state index in [0.717, 1.165) is 0 Å². The molecule has 0 unspecified atom stereocenters. The molecule has 0 atom stereocenters.